The Balaban J connectivity index is 0.000000211. The number of rotatable bonds is 10. The van der Waals surface area contributed by atoms with Crippen LogP contribution < -0.4 is 31.9 Å². The van der Waals surface area contributed by atoms with E-state index in [0.29, 0.717) is 37.1 Å². The molecule has 6 amide bonds. The van der Waals surface area contributed by atoms with Crippen LogP contribution in [-0.4, -0.2) is 61.3 Å². The highest BCUT2D eigenvalue weighted by Crippen LogP contribution is 2.43. The predicted molar refractivity (Wildman–Crippen MR) is 231 cm³/mol. The van der Waals surface area contributed by atoms with Crippen molar-refractivity contribution in [2.75, 3.05) is 26.3 Å². The predicted octanol–water partition coefficient (Wildman–Crippen LogP) is 9.32. The van der Waals surface area contributed by atoms with Crippen molar-refractivity contribution < 1.29 is 81.3 Å². The second-order valence-corrected chi connectivity index (χ2v) is 18.2. The molecule has 12 nitrogen and oxygen atoms in total. The van der Waals surface area contributed by atoms with Gasteiger partial charge in [-0.3, -0.25) is 20.2 Å². The number of benzene rings is 4. The highest BCUT2D eigenvalue weighted by atomic mass is 19.4. The molecule has 0 radical (unpaired) electrons. The number of imide groups is 2. The Bertz CT molecular complexity index is 2400. The Hall–Kier alpha value is -6.24. The number of urea groups is 2. The first kappa shape index (κ1) is 53.6. The molecule has 4 aromatic carbocycles. The zero-order chi connectivity index (χ0) is 52.7. The maximum Gasteiger partial charge on any atom is 0.416 e. The smallest absolute Gasteiger partial charge is 0.372 e. The summed E-state index contributed by atoms with van der Waals surface area (Å²) in [6, 6.07) is 19.4. The van der Waals surface area contributed by atoms with Crippen LogP contribution in [0.5, 0.6) is 0 Å². The second-order valence-electron chi connectivity index (χ2n) is 18.2. The van der Waals surface area contributed by atoms with Gasteiger partial charge in [-0.15, -0.1) is 0 Å². The average Bonchev–Trinajstić information content (AvgIpc) is 3.77. The first-order chi connectivity index (χ1) is 33.5. The van der Waals surface area contributed by atoms with Crippen LogP contribution in [0.25, 0.3) is 0 Å². The molecule has 8 rings (SSSR count). The van der Waals surface area contributed by atoms with E-state index in [1.165, 1.54) is 13.8 Å². The van der Waals surface area contributed by atoms with Crippen LogP contribution in [0.2, 0.25) is 0 Å². The zero-order valence-electron chi connectivity index (χ0n) is 38.0. The van der Waals surface area contributed by atoms with E-state index in [1.54, 1.807) is 60.7 Å². The molecule has 0 aromatic heterocycles. The molecule has 72 heavy (non-hydrogen) atoms. The summed E-state index contributed by atoms with van der Waals surface area (Å²) in [7, 11) is 0. The van der Waals surface area contributed by atoms with Gasteiger partial charge in [0.15, 0.2) is 0 Å². The van der Waals surface area contributed by atoms with Crippen molar-refractivity contribution in [3.63, 3.8) is 0 Å². The summed E-state index contributed by atoms with van der Waals surface area (Å²) in [6.45, 7) is 2.65. The topological polar surface area (TPSA) is 159 Å². The third-order valence-electron chi connectivity index (χ3n) is 13.4. The van der Waals surface area contributed by atoms with Gasteiger partial charge in [0.2, 0.25) is 0 Å². The van der Waals surface area contributed by atoms with E-state index < -0.39 is 105 Å². The van der Waals surface area contributed by atoms with Gasteiger partial charge in [0, 0.05) is 13.1 Å². The van der Waals surface area contributed by atoms with Crippen molar-refractivity contribution in [3.05, 3.63) is 142 Å². The summed E-state index contributed by atoms with van der Waals surface area (Å²) in [6.07, 6.45) is -21.0. The van der Waals surface area contributed by atoms with Gasteiger partial charge in [0.25, 0.3) is 11.8 Å². The van der Waals surface area contributed by atoms with Gasteiger partial charge >= 0.3 is 36.8 Å². The van der Waals surface area contributed by atoms with Crippen molar-refractivity contribution in [3.8, 4) is 0 Å². The molecular weight excluding hydrogens is 985 g/mol. The molecule has 4 fully saturated rings. The van der Waals surface area contributed by atoms with Gasteiger partial charge in [0.05, 0.1) is 58.8 Å². The molecule has 24 heteroatoms. The second kappa shape index (κ2) is 19.6. The number of nitrogens with one attached hydrogen (secondary N) is 6. The minimum Gasteiger partial charge on any atom is -0.372 e. The summed E-state index contributed by atoms with van der Waals surface area (Å²) >= 11 is 0. The number of carbonyl (C=O) groups is 4. The molecule has 4 aromatic rings. The monoisotopic (exact) mass is 1030 g/mol. The molecule has 4 heterocycles. The summed E-state index contributed by atoms with van der Waals surface area (Å²) < 4.78 is 171. The molecule has 388 valence electrons. The van der Waals surface area contributed by atoms with Crippen molar-refractivity contribution in [2.24, 2.45) is 0 Å². The standard InChI is InChI=1S/2C24H23F6N3O3/c2*1-14(15-9-17(23(25,26)27)11-18(10-15)24(28,29)30)36-13-22(16-5-3-2-4-6-16)8-7-21(12-31-22)19(34)32-20(35)33-21/h2*2-6,9-11,14,31H,7-8,12-13H2,1H3,(H2,32,33,34,35)/t14-,21+,22-;14-,21-,22-/m11/s1. The maximum atomic E-state index is 13.3. The molecular formula is C48H46F12N6O6. The summed E-state index contributed by atoms with van der Waals surface area (Å²) in [4.78, 5) is 48.0. The van der Waals surface area contributed by atoms with Crippen molar-refractivity contribution in [1.82, 2.24) is 31.9 Å². The zero-order valence-corrected chi connectivity index (χ0v) is 38.0. The quantitative estimate of drug-likeness (QED) is 0.0678. The molecule has 0 bridgehead atoms. The van der Waals surface area contributed by atoms with E-state index in [4.69, 9.17) is 9.47 Å². The maximum absolute atomic E-state index is 13.3. The molecule has 0 saturated carbocycles. The van der Waals surface area contributed by atoms with Crippen LogP contribution in [0.3, 0.4) is 0 Å². The minimum absolute atomic E-state index is 0.0546. The lowest BCUT2D eigenvalue weighted by atomic mass is 9.76. The number of ether oxygens (including phenoxy) is 2. The fourth-order valence-corrected chi connectivity index (χ4v) is 9.08. The highest BCUT2D eigenvalue weighted by molar-refractivity contribution is 6.08. The number of hydrogen-bond acceptors (Lipinski definition) is 8. The fourth-order valence-electron chi connectivity index (χ4n) is 9.08. The normalized spacial score (nSPS) is 25.5. The van der Waals surface area contributed by atoms with Crippen LogP contribution in [-0.2, 0) is 54.8 Å². The van der Waals surface area contributed by atoms with Gasteiger partial charge in [-0.25, -0.2) is 9.59 Å². The van der Waals surface area contributed by atoms with Crippen LogP contribution in [0.1, 0.15) is 96.2 Å². The molecule has 6 atom stereocenters. The third kappa shape index (κ3) is 11.5. The fraction of sp³-hybridized carbons (Fsp3) is 0.417. The number of piperidine rings is 2. The largest absolute Gasteiger partial charge is 0.416 e. The minimum atomic E-state index is -4.97. The van der Waals surface area contributed by atoms with E-state index in [-0.39, 0.29) is 62.4 Å². The summed E-state index contributed by atoms with van der Waals surface area (Å²) in [5.41, 5.74) is -8.78. The Labute approximate surface area is 403 Å². The van der Waals surface area contributed by atoms with Gasteiger partial charge in [-0.05, 0) is 98.2 Å². The number of amides is 6. The van der Waals surface area contributed by atoms with Gasteiger partial charge in [-0.2, -0.15) is 52.7 Å². The van der Waals surface area contributed by atoms with E-state index in [9.17, 15) is 71.9 Å². The highest BCUT2D eigenvalue weighted by Gasteiger charge is 2.54. The van der Waals surface area contributed by atoms with Crippen LogP contribution in [0.4, 0.5) is 62.3 Å². The summed E-state index contributed by atoms with van der Waals surface area (Å²) in [5.74, 6) is -0.945. The van der Waals surface area contributed by atoms with Gasteiger partial charge < -0.3 is 30.7 Å². The average molecular weight is 1030 g/mol. The molecule has 6 N–H and O–H groups in total. The van der Waals surface area contributed by atoms with Crippen LogP contribution in [0.15, 0.2) is 97.1 Å². The van der Waals surface area contributed by atoms with Crippen LogP contribution >= 0.6 is 0 Å². The lowest BCUT2D eigenvalue weighted by Gasteiger charge is -2.45. The van der Waals surface area contributed by atoms with E-state index in [1.807, 2.05) is 0 Å². The molecule has 4 aliphatic heterocycles. The van der Waals surface area contributed by atoms with Crippen molar-refractivity contribution in [1.29, 1.82) is 0 Å². The van der Waals surface area contributed by atoms with Gasteiger partial charge in [0.1, 0.15) is 11.1 Å². The van der Waals surface area contributed by atoms with E-state index in [2.05, 4.69) is 31.9 Å². The molecule has 4 aliphatic rings. The molecule has 0 unspecified atom stereocenters. The number of halogens is 12. The number of hydrogen-bond donors (Lipinski definition) is 6. The summed E-state index contributed by atoms with van der Waals surface area (Å²) in [5, 5.41) is 16.2. The van der Waals surface area contributed by atoms with Crippen LogP contribution in [0, 0.1) is 0 Å². The lowest BCUT2D eigenvalue weighted by Crippen LogP contribution is -2.64. The molecule has 4 saturated heterocycles. The Morgan fingerprint density at radius 2 is 0.778 bits per heavy atom. The Kier molecular flexibility index (Phi) is 14.6. The third-order valence-corrected chi connectivity index (χ3v) is 13.4. The number of carbonyl (C=O) groups excluding carboxylic acids is 4. The SMILES string of the molecule is C[C@@H](OC[C@@]1(c2ccccc2)CC[C@@]2(CN1)NC(=O)NC2=O)c1cc(C(F)(F)F)cc(C(F)(F)F)c1.C[C@@H](OC[C@@]1(c2ccccc2)CC[C@]2(CN1)NC(=O)NC2=O)c1cc(C(F)(F)F)cc(C(F)(F)F)c1. The van der Waals surface area contributed by atoms with Crippen molar-refractivity contribution in [2.45, 2.75) is 98.6 Å². The Morgan fingerprint density at radius 3 is 1.01 bits per heavy atom. The van der Waals surface area contributed by atoms with Gasteiger partial charge in [-0.1, -0.05) is 60.7 Å². The molecule has 0 aliphatic carbocycles. The van der Waals surface area contributed by atoms with Crippen molar-refractivity contribution >= 4 is 23.9 Å². The first-order valence-corrected chi connectivity index (χ1v) is 22.2. The van der Waals surface area contributed by atoms with E-state index >= 15 is 0 Å². The Morgan fingerprint density at radius 1 is 0.472 bits per heavy atom. The van der Waals surface area contributed by atoms with E-state index in [0.717, 1.165) is 11.1 Å². The number of alkyl halides is 12. The lowest BCUT2D eigenvalue weighted by molar-refractivity contribution is -0.145. The first-order valence-electron chi connectivity index (χ1n) is 22.2. The molecule has 2 spiro atoms.